The van der Waals surface area contributed by atoms with Gasteiger partial charge in [0.25, 0.3) is 11.8 Å². The Morgan fingerprint density at radius 2 is 0.976 bits per heavy atom. The maximum atomic E-state index is 14.5. The molecule has 206 valence electrons. The largest absolute Gasteiger partial charge is 0.343 e. The number of carbonyl (C=O) groups excluding carboxylic acids is 2. The van der Waals surface area contributed by atoms with E-state index < -0.39 is 0 Å². The average Bonchev–Trinajstić information content (AvgIpc) is 3.86. The van der Waals surface area contributed by atoms with Crippen molar-refractivity contribution in [3.05, 3.63) is 132 Å². The molecular formula is C37H31N3O2. The van der Waals surface area contributed by atoms with E-state index >= 15 is 0 Å². The SMILES string of the molecule is O=C1C(c2cn(C3CC=CC3)c3ccccc23)=C(c2cn(C3CC=CC3)c3ccccc23)C(=O)N1Cc1ccccc1. The molecule has 2 aliphatic carbocycles. The number of fused-ring (bicyclic) bond motifs is 2. The van der Waals surface area contributed by atoms with E-state index in [1.54, 1.807) is 0 Å². The van der Waals surface area contributed by atoms with Gasteiger partial charge in [0.15, 0.2) is 0 Å². The summed E-state index contributed by atoms with van der Waals surface area (Å²) in [4.78, 5) is 30.4. The van der Waals surface area contributed by atoms with Gasteiger partial charge in [-0.15, -0.1) is 0 Å². The standard InChI is InChI=1S/C37H31N3O2/c41-36-34(30-23-38(26-14-4-5-15-26)32-20-10-8-18-28(30)32)35(37(42)40(36)22-25-12-2-1-3-13-25)31-24-39(27-16-6-7-17-27)33-21-11-9-19-29(31)33/h1-13,18-21,23-24,26-27H,14-17,22H2. The van der Waals surface area contributed by atoms with Gasteiger partial charge in [0, 0.05) is 57.4 Å². The summed E-state index contributed by atoms with van der Waals surface area (Å²) in [6.45, 7) is 0.238. The van der Waals surface area contributed by atoms with Crippen molar-refractivity contribution in [2.45, 2.75) is 44.3 Å². The van der Waals surface area contributed by atoms with E-state index in [2.05, 4.69) is 70.1 Å². The minimum absolute atomic E-state index is 0.231. The smallest absolute Gasteiger partial charge is 0.262 e. The Bertz CT molecular complexity index is 1830. The molecule has 5 nitrogen and oxygen atoms in total. The minimum Gasteiger partial charge on any atom is -0.343 e. The van der Waals surface area contributed by atoms with Gasteiger partial charge in [0.2, 0.25) is 0 Å². The van der Waals surface area contributed by atoms with Crippen LogP contribution in [0.15, 0.2) is 116 Å². The van der Waals surface area contributed by atoms with Gasteiger partial charge in [-0.05, 0) is 43.4 Å². The normalized spacial score (nSPS) is 17.8. The van der Waals surface area contributed by atoms with Gasteiger partial charge in [0.05, 0.1) is 17.7 Å². The zero-order valence-electron chi connectivity index (χ0n) is 23.3. The number of benzene rings is 3. The van der Waals surface area contributed by atoms with Crippen LogP contribution in [0.25, 0.3) is 33.0 Å². The van der Waals surface area contributed by atoms with Crippen molar-refractivity contribution >= 4 is 44.8 Å². The summed E-state index contributed by atoms with van der Waals surface area (Å²) < 4.78 is 4.61. The molecule has 0 saturated carbocycles. The van der Waals surface area contributed by atoms with E-state index in [0.717, 1.165) is 64.2 Å². The lowest BCUT2D eigenvalue weighted by molar-refractivity contribution is -0.136. The van der Waals surface area contributed by atoms with Gasteiger partial charge in [-0.25, -0.2) is 0 Å². The van der Waals surface area contributed by atoms with Crippen LogP contribution < -0.4 is 0 Å². The molecule has 5 aromatic rings. The first-order valence-electron chi connectivity index (χ1n) is 14.8. The topological polar surface area (TPSA) is 47.2 Å². The van der Waals surface area contributed by atoms with E-state index in [-0.39, 0.29) is 18.4 Å². The summed E-state index contributed by atoms with van der Waals surface area (Å²) in [6.07, 6.45) is 17.0. The van der Waals surface area contributed by atoms with Crippen molar-refractivity contribution in [1.29, 1.82) is 0 Å². The second kappa shape index (κ2) is 9.88. The number of imide groups is 1. The first-order chi connectivity index (χ1) is 20.7. The molecule has 0 saturated heterocycles. The molecule has 0 N–H and O–H groups in total. The Labute approximate surface area is 244 Å². The summed E-state index contributed by atoms with van der Waals surface area (Å²) in [6, 6.07) is 26.9. The number of carbonyl (C=O) groups is 2. The van der Waals surface area contributed by atoms with Gasteiger partial charge >= 0.3 is 0 Å². The third-order valence-corrected chi connectivity index (χ3v) is 9.12. The van der Waals surface area contributed by atoms with Crippen molar-refractivity contribution in [2.24, 2.45) is 0 Å². The molecule has 3 heterocycles. The number of para-hydroxylation sites is 2. The Kier molecular flexibility index (Phi) is 5.85. The molecule has 0 spiro atoms. The number of hydrogen-bond acceptors (Lipinski definition) is 2. The summed E-state index contributed by atoms with van der Waals surface area (Å²) in [5.41, 5.74) is 5.79. The fraction of sp³-hybridized carbons (Fsp3) is 0.189. The first kappa shape index (κ1) is 24.9. The van der Waals surface area contributed by atoms with Crippen molar-refractivity contribution in [3.8, 4) is 0 Å². The Morgan fingerprint density at radius 3 is 1.45 bits per heavy atom. The third kappa shape index (κ3) is 3.84. The number of nitrogens with zero attached hydrogens (tertiary/aromatic N) is 3. The molecule has 8 rings (SSSR count). The summed E-state index contributed by atoms with van der Waals surface area (Å²) in [5, 5.41) is 2.01. The van der Waals surface area contributed by atoms with E-state index in [4.69, 9.17) is 0 Å². The van der Waals surface area contributed by atoms with Crippen LogP contribution in [-0.2, 0) is 16.1 Å². The van der Waals surface area contributed by atoms with Gasteiger partial charge in [-0.1, -0.05) is 91.0 Å². The molecule has 2 amide bonds. The molecule has 5 heteroatoms. The average molecular weight is 550 g/mol. The summed E-state index contributed by atoms with van der Waals surface area (Å²) in [7, 11) is 0. The zero-order valence-corrected chi connectivity index (χ0v) is 23.3. The monoisotopic (exact) mass is 549 g/mol. The first-order valence-corrected chi connectivity index (χ1v) is 14.8. The van der Waals surface area contributed by atoms with Crippen LogP contribution in [0.2, 0.25) is 0 Å². The quantitative estimate of drug-likeness (QED) is 0.160. The molecule has 1 aliphatic heterocycles. The maximum absolute atomic E-state index is 14.5. The Balaban J connectivity index is 1.37. The van der Waals surface area contributed by atoms with Gasteiger partial charge in [-0.3, -0.25) is 14.5 Å². The van der Waals surface area contributed by atoms with Crippen LogP contribution in [0.3, 0.4) is 0 Å². The number of allylic oxidation sites excluding steroid dienone is 4. The number of hydrogen-bond donors (Lipinski definition) is 0. The van der Waals surface area contributed by atoms with Crippen LogP contribution in [0.1, 0.15) is 54.5 Å². The highest BCUT2D eigenvalue weighted by Gasteiger charge is 2.42. The summed E-state index contributed by atoms with van der Waals surface area (Å²) in [5.74, 6) is -0.462. The molecule has 3 aliphatic rings. The molecule has 0 radical (unpaired) electrons. The van der Waals surface area contributed by atoms with Gasteiger partial charge < -0.3 is 9.13 Å². The summed E-state index contributed by atoms with van der Waals surface area (Å²) >= 11 is 0. The van der Waals surface area contributed by atoms with Crippen molar-refractivity contribution in [2.75, 3.05) is 0 Å². The Hall–Kier alpha value is -4.90. The molecule has 3 aromatic carbocycles. The van der Waals surface area contributed by atoms with E-state index in [0.29, 0.717) is 23.2 Å². The second-order valence-electron chi connectivity index (χ2n) is 11.6. The highest BCUT2D eigenvalue weighted by atomic mass is 16.2. The van der Waals surface area contributed by atoms with Crippen LogP contribution in [0, 0.1) is 0 Å². The molecule has 0 atom stereocenters. The molecular weight excluding hydrogens is 518 g/mol. The molecule has 0 unspecified atom stereocenters. The van der Waals surface area contributed by atoms with Crippen molar-refractivity contribution < 1.29 is 9.59 Å². The van der Waals surface area contributed by atoms with E-state index in [9.17, 15) is 9.59 Å². The highest BCUT2D eigenvalue weighted by Crippen LogP contribution is 2.44. The predicted molar refractivity (Wildman–Crippen MR) is 168 cm³/mol. The lowest BCUT2D eigenvalue weighted by Crippen LogP contribution is -2.30. The lowest BCUT2D eigenvalue weighted by Gasteiger charge is -2.15. The molecule has 42 heavy (non-hydrogen) atoms. The molecule has 0 bridgehead atoms. The predicted octanol–water partition coefficient (Wildman–Crippen LogP) is 7.86. The number of rotatable bonds is 6. The zero-order chi connectivity index (χ0) is 28.2. The van der Waals surface area contributed by atoms with Crippen LogP contribution in [0.5, 0.6) is 0 Å². The van der Waals surface area contributed by atoms with Gasteiger partial charge in [-0.2, -0.15) is 0 Å². The van der Waals surface area contributed by atoms with Crippen LogP contribution >= 0.6 is 0 Å². The fourth-order valence-corrected chi connectivity index (χ4v) is 7.06. The second-order valence-corrected chi connectivity index (χ2v) is 11.6. The maximum Gasteiger partial charge on any atom is 0.262 e. The van der Waals surface area contributed by atoms with Crippen molar-refractivity contribution in [1.82, 2.24) is 14.0 Å². The third-order valence-electron chi connectivity index (χ3n) is 9.12. The Morgan fingerprint density at radius 1 is 0.548 bits per heavy atom. The van der Waals surface area contributed by atoms with Crippen molar-refractivity contribution in [3.63, 3.8) is 0 Å². The number of aromatic nitrogens is 2. The van der Waals surface area contributed by atoms with Crippen LogP contribution in [0.4, 0.5) is 0 Å². The minimum atomic E-state index is -0.231. The fourth-order valence-electron chi connectivity index (χ4n) is 7.06. The molecule has 0 fully saturated rings. The van der Waals surface area contributed by atoms with Gasteiger partial charge in [0.1, 0.15) is 0 Å². The highest BCUT2D eigenvalue weighted by molar-refractivity contribution is 6.50. The van der Waals surface area contributed by atoms with Crippen LogP contribution in [-0.4, -0.2) is 25.8 Å². The molecule has 2 aromatic heterocycles. The van der Waals surface area contributed by atoms with E-state index in [1.165, 1.54) is 4.90 Å². The van der Waals surface area contributed by atoms with E-state index in [1.807, 2.05) is 54.6 Å². The number of amides is 2. The lowest BCUT2D eigenvalue weighted by atomic mass is 9.95.